The molecule has 0 saturated carbocycles. The molecule has 0 aliphatic rings. The second kappa shape index (κ2) is 7.77. The predicted octanol–water partition coefficient (Wildman–Crippen LogP) is 4.54. The summed E-state index contributed by atoms with van der Waals surface area (Å²) in [4.78, 5) is 11.8. The van der Waals surface area contributed by atoms with E-state index in [0.29, 0.717) is 23.1 Å². The quantitative estimate of drug-likeness (QED) is 0.628. The highest BCUT2D eigenvalue weighted by molar-refractivity contribution is 5.96. The van der Waals surface area contributed by atoms with E-state index >= 15 is 0 Å². The number of benzene rings is 2. The number of urea groups is 1. The summed E-state index contributed by atoms with van der Waals surface area (Å²) in [5.41, 5.74) is 1.98. The highest BCUT2D eigenvalue weighted by Gasteiger charge is 2.11. The van der Waals surface area contributed by atoms with Crippen LogP contribution < -0.4 is 10.6 Å². The number of rotatable bonds is 5. The Kier molecular flexibility index (Phi) is 5.26. The lowest BCUT2D eigenvalue weighted by Gasteiger charge is -2.08. The van der Waals surface area contributed by atoms with Crippen LogP contribution in [-0.2, 0) is 0 Å². The first-order chi connectivity index (χ1) is 12.6. The van der Waals surface area contributed by atoms with Crippen LogP contribution in [0.3, 0.4) is 0 Å². The number of anilines is 1. The third kappa shape index (κ3) is 4.05. The number of halogens is 2. The zero-order valence-electron chi connectivity index (χ0n) is 14.1. The maximum atomic E-state index is 14.2. The van der Waals surface area contributed by atoms with Gasteiger partial charge in [0.05, 0.1) is 16.9 Å². The van der Waals surface area contributed by atoms with Gasteiger partial charge in [-0.2, -0.15) is 5.10 Å². The number of hydrogen-bond acceptors (Lipinski definition) is 2. The van der Waals surface area contributed by atoms with E-state index in [1.165, 1.54) is 24.3 Å². The molecule has 0 fully saturated rings. The van der Waals surface area contributed by atoms with E-state index in [1.807, 2.05) is 6.92 Å². The number of aromatic nitrogens is 2. The van der Waals surface area contributed by atoms with Crippen molar-refractivity contribution in [3.63, 3.8) is 0 Å². The molecule has 2 aromatic carbocycles. The molecule has 1 aromatic heterocycles. The summed E-state index contributed by atoms with van der Waals surface area (Å²) in [6.45, 7) is 2.44. The Labute approximate surface area is 149 Å². The number of nitrogens with one attached hydrogen (secondary N) is 3. The van der Waals surface area contributed by atoms with E-state index in [-0.39, 0.29) is 11.5 Å². The van der Waals surface area contributed by atoms with Crippen LogP contribution in [0.15, 0.2) is 36.4 Å². The molecule has 2 amide bonds. The van der Waals surface area contributed by atoms with E-state index < -0.39 is 11.8 Å². The number of nitrogens with zero attached hydrogens (tertiary/aromatic N) is 1. The first-order valence-corrected chi connectivity index (χ1v) is 8.23. The van der Waals surface area contributed by atoms with Crippen LogP contribution in [0.2, 0.25) is 0 Å². The summed E-state index contributed by atoms with van der Waals surface area (Å²) in [5, 5.41) is 12.7. The standard InChI is InChI=1S/C19H18F2N4O/c1-2-9-22-19(26)23-18-10-14-16(24-25-17(14)11-15(18)21)8-5-12-3-6-13(20)7-4-12/h3-8,10-11H,2,9H2,1H3,(H,24,25)(H2,22,23,26)/b8-5+. The van der Waals surface area contributed by atoms with Crippen molar-refractivity contribution in [3.8, 4) is 0 Å². The Morgan fingerprint density at radius 2 is 1.96 bits per heavy atom. The molecule has 26 heavy (non-hydrogen) atoms. The summed E-state index contributed by atoms with van der Waals surface area (Å²) in [5.74, 6) is -0.859. The summed E-state index contributed by atoms with van der Waals surface area (Å²) in [7, 11) is 0. The van der Waals surface area contributed by atoms with Gasteiger partial charge in [-0.3, -0.25) is 5.10 Å². The van der Waals surface area contributed by atoms with Gasteiger partial charge in [-0.1, -0.05) is 25.1 Å². The zero-order chi connectivity index (χ0) is 18.5. The smallest absolute Gasteiger partial charge is 0.319 e. The maximum absolute atomic E-state index is 14.2. The number of carbonyl (C=O) groups excluding carboxylic acids is 1. The second-order valence-electron chi connectivity index (χ2n) is 5.75. The van der Waals surface area contributed by atoms with Crippen molar-refractivity contribution in [2.45, 2.75) is 13.3 Å². The summed E-state index contributed by atoms with van der Waals surface area (Å²) in [6, 6.07) is 8.38. The molecule has 3 N–H and O–H groups in total. The normalized spacial score (nSPS) is 11.2. The van der Waals surface area contributed by atoms with Crippen molar-refractivity contribution in [3.05, 3.63) is 59.3 Å². The molecule has 0 spiro atoms. The Bertz CT molecular complexity index is 948. The fourth-order valence-electron chi connectivity index (χ4n) is 2.44. The lowest BCUT2D eigenvalue weighted by molar-refractivity contribution is 0.252. The van der Waals surface area contributed by atoms with Gasteiger partial charge >= 0.3 is 6.03 Å². The van der Waals surface area contributed by atoms with Crippen LogP contribution in [0.25, 0.3) is 23.1 Å². The minimum atomic E-state index is -0.554. The predicted molar refractivity (Wildman–Crippen MR) is 98.7 cm³/mol. The Balaban J connectivity index is 1.86. The highest BCUT2D eigenvalue weighted by Crippen LogP contribution is 2.25. The van der Waals surface area contributed by atoms with E-state index in [4.69, 9.17) is 0 Å². The molecule has 0 atom stereocenters. The van der Waals surface area contributed by atoms with Crippen LogP contribution >= 0.6 is 0 Å². The van der Waals surface area contributed by atoms with Crippen molar-refractivity contribution >= 4 is 34.8 Å². The second-order valence-corrected chi connectivity index (χ2v) is 5.75. The SMILES string of the molecule is CCCNC(=O)Nc1cc2c(/C=C/c3ccc(F)cc3)n[nH]c2cc1F. The number of fused-ring (bicyclic) bond motifs is 1. The van der Waals surface area contributed by atoms with Gasteiger partial charge in [0.15, 0.2) is 0 Å². The number of carbonyl (C=O) groups is 1. The molecule has 3 aromatic rings. The van der Waals surface area contributed by atoms with Crippen molar-refractivity contribution in [2.75, 3.05) is 11.9 Å². The largest absolute Gasteiger partial charge is 0.338 e. The average molecular weight is 356 g/mol. The monoisotopic (exact) mass is 356 g/mol. The average Bonchev–Trinajstić information content (AvgIpc) is 3.01. The van der Waals surface area contributed by atoms with Crippen LogP contribution in [0.5, 0.6) is 0 Å². The highest BCUT2D eigenvalue weighted by atomic mass is 19.1. The van der Waals surface area contributed by atoms with Gasteiger partial charge < -0.3 is 10.6 Å². The molecule has 0 radical (unpaired) electrons. The Morgan fingerprint density at radius 3 is 2.69 bits per heavy atom. The maximum Gasteiger partial charge on any atom is 0.319 e. The molecule has 3 rings (SSSR count). The van der Waals surface area contributed by atoms with Gasteiger partial charge in [0.2, 0.25) is 0 Å². The minimum absolute atomic E-state index is 0.0731. The third-order valence-electron chi connectivity index (χ3n) is 3.77. The molecular formula is C19H18F2N4O. The van der Waals surface area contributed by atoms with Gasteiger partial charge in [-0.25, -0.2) is 13.6 Å². The molecule has 134 valence electrons. The van der Waals surface area contributed by atoms with Crippen LogP contribution in [0.1, 0.15) is 24.6 Å². The number of amides is 2. The first-order valence-electron chi connectivity index (χ1n) is 8.23. The number of H-pyrrole nitrogens is 1. The topological polar surface area (TPSA) is 69.8 Å². The van der Waals surface area contributed by atoms with E-state index in [0.717, 1.165) is 12.0 Å². The van der Waals surface area contributed by atoms with Gasteiger partial charge in [0.1, 0.15) is 11.6 Å². The van der Waals surface area contributed by atoms with Crippen LogP contribution in [0, 0.1) is 11.6 Å². The molecule has 7 heteroatoms. The van der Waals surface area contributed by atoms with E-state index in [2.05, 4.69) is 20.8 Å². The number of hydrogen-bond donors (Lipinski definition) is 3. The molecule has 5 nitrogen and oxygen atoms in total. The molecule has 0 unspecified atom stereocenters. The molecular weight excluding hydrogens is 338 g/mol. The fourth-order valence-corrected chi connectivity index (χ4v) is 2.44. The van der Waals surface area contributed by atoms with Crippen molar-refractivity contribution in [1.29, 1.82) is 0 Å². The molecule has 0 aliphatic heterocycles. The van der Waals surface area contributed by atoms with Gasteiger partial charge in [0.25, 0.3) is 0 Å². The van der Waals surface area contributed by atoms with Gasteiger partial charge in [0, 0.05) is 18.0 Å². The van der Waals surface area contributed by atoms with Crippen molar-refractivity contribution < 1.29 is 13.6 Å². The van der Waals surface area contributed by atoms with Gasteiger partial charge in [-0.05, 0) is 36.3 Å². The number of aromatic amines is 1. The van der Waals surface area contributed by atoms with Gasteiger partial charge in [-0.15, -0.1) is 0 Å². The Morgan fingerprint density at radius 1 is 1.19 bits per heavy atom. The minimum Gasteiger partial charge on any atom is -0.338 e. The summed E-state index contributed by atoms with van der Waals surface area (Å²) < 4.78 is 27.1. The van der Waals surface area contributed by atoms with E-state index in [1.54, 1.807) is 24.3 Å². The van der Waals surface area contributed by atoms with Crippen LogP contribution in [-0.4, -0.2) is 22.8 Å². The Hall–Kier alpha value is -3.22. The molecule has 1 heterocycles. The molecule has 0 aliphatic carbocycles. The van der Waals surface area contributed by atoms with Crippen molar-refractivity contribution in [1.82, 2.24) is 15.5 Å². The molecule has 0 bridgehead atoms. The lowest BCUT2D eigenvalue weighted by Crippen LogP contribution is -2.29. The van der Waals surface area contributed by atoms with Crippen LogP contribution in [0.4, 0.5) is 19.3 Å². The van der Waals surface area contributed by atoms with Crippen molar-refractivity contribution in [2.24, 2.45) is 0 Å². The van der Waals surface area contributed by atoms with E-state index in [9.17, 15) is 13.6 Å². The lowest BCUT2D eigenvalue weighted by atomic mass is 10.1. The fraction of sp³-hybridized carbons (Fsp3) is 0.158. The zero-order valence-corrected chi connectivity index (χ0v) is 14.1. The third-order valence-corrected chi connectivity index (χ3v) is 3.77. The summed E-state index contributed by atoms with van der Waals surface area (Å²) in [6.07, 6.45) is 4.30. The summed E-state index contributed by atoms with van der Waals surface area (Å²) >= 11 is 0. The first kappa shape index (κ1) is 17.6. The molecule has 0 saturated heterocycles.